The molecule has 1 fully saturated rings. The third-order valence-electron chi connectivity index (χ3n) is 4.17. The Hall–Kier alpha value is -0.980. The smallest absolute Gasteiger partial charge is 0.274 e. The van der Waals surface area contributed by atoms with Crippen LogP contribution in [-0.2, 0) is 24.8 Å². The highest BCUT2D eigenvalue weighted by molar-refractivity contribution is 7.94. The van der Waals surface area contributed by atoms with Crippen LogP contribution in [0.4, 0.5) is 0 Å². The molecule has 0 unspecified atom stereocenters. The van der Waals surface area contributed by atoms with E-state index in [0.29, 0.717) is 48.9 Å². The predicted octanol–water partition coefficient (Wildman–Crippen LogP) is 0.729. The highest BCUT2D eigenvalue weighted by Crippen LogP contribution is 2.39. The summed E-state index contributed by atoms with van der Waals surface area (Å²) in [6.07, 6.45) is 1.76. The van der Waals surface area contributed by atoms with Gasteiger partial charge >= 0.3 is 0 Å². The molecule has 8 nitrogen and oxygen atoms in total. The van der Waals surface area contributed by atoms with Crippen molar-refractivity contribution in [2.24, 2.45) is 11.1 Å². The van der Waals surface area contributed by atoms with E-state index in [9.17, 15) is 16.8 Å². The van der Waals surface area contributed by atoms with Crippen LogP contribution in [0.5, 0.6) is 0 Å². The second-order valence-electron chi connectivity index (χ2n) is 6.81. The van der Waals surface area contributed by atoms with E-state index in [1.807, 2.05) is 13.8 Å². The lowest BCUT2D eigenvalue weighted by Crippen LogP contribution is -2.43. The van der Waals surface area contributed by atoms with Gasteiger partial charge in [0, 0.05) is 37.4 Å². The lowest BCUT2D eigenvalue weighted by atomic mass is 10.2. The Morgan fingerprint density at radius 1 is 1.31 bits per heavy atom. The molecular weight excluding hydrogens is 398 g/mol. The molecule has 3 heterocycles. The minimum Gasteiger partial charge on any atom is -0.379 e. The third-order valence-corrected chi connectivity index (χ3v) is 9.09. The molecule has 0 aliphatic carbocycles. The van der Waals surface area contributed by atoms with Crippen LogP contribution < -0.4 is 5.14 Å². The van der Waals surface area contributed by atoms with Gasteiger partial charge in [0.25, 0.3) is 10.0 Å². The fourth-order valence-corrected chi connectivity index (χ4v) is 7.23. The highest BCUT2D eigenvalue weighted by Gasteiger charge is 2.36. The van der Waals surface area contributed by atoms with Crippen molar-refractivity contribution in [1.29, 1.82) is 0 Å². The first-order chi connectivity index (χ1) is 12.1. The van der Waals surface area contributed by atoms with Crippen molar-refractivity contribution in [3.8, 4) is 0 Å². The molecule has 2 aliphatic rings. The van der Waals surface area contributed by atoms with Crippen LogP contribution in [0.25, 0.3) is 6.08 Å². The topological polar surface area (TPSA) is 110 Å². The number of hydrogen-bond donors (Lipinski definition) is 1. The fourth-order valence-electron chi connectivity index (χ4n) is 2.97. The van der Waals surface area contributed by atoms with Gasteiger partial charge in [-0.1, -0.05) is 13.8 Å². The molecule has 1 aromatic rings. The van der Waals surface area contributed by atoms with E-state index in [-0.39, 0.29) is 14.3 Å². The number of ether oxygens (including phenoxy) is 1. The Morgan fingerprint density at radius 2 is 1.96 bits per heavy atom. The molecule has 0 radical (unpaired) electrons. The van der Waals surface area contributed by atoms with Crippen LogP contribution in [0.3, 0.4) is 0 Å². The Balaban J connectivity index is 2.05. The lowest BCUT2D eigenvalue weighted by molar-refractivity contribution is 0.0405. The summed E-state index contributed by atoms with van der Waals surface area (Å²) in [5.41, 5.74) is 1.04. The van der Waals surface area contributed by atoms with Gasteiger partial charge in [-0.15, -0.1) is 11.3 Å². The van der Waals surface area contributed by atoms with Crippen molar-refractivity contribution in [1.82, 2.24) is 9.21 Å². The van der Waals surface area contributed by atoms with Gasteiger partial charge in [0.2, 0.25) is 10.0 Å². The largest absolute Gasteiger partial charge is 0.379 e. The molecule has 1 saturated heterocycles. The van der Waals surface area contributed by atoms with Crippen LogP contribution >= 0.6 is 11.3 Å². The van der Waals surface area contributed by atoms with Gasteiger partial charge < -0.3 is 4.74 Å². The first kappa shape index (κ1) is 19.8. The molecule has 2 aliphatic heterocycles. The van der Waals surface area contributed by atoms with E-state index in [0.717, 1.165) is 13.1 Å². The number of rotatable bonds is 5. The van der Waals surface area contributed by atoms with E-state index < -0.39 is 20.0 Å². The van der Waals surface area contributed by atoms with Crippen LogP contribution in [0.1, 0.15) is 19.4 Å². The van der Waals surface area contributed by atoms with Gasteiger partial charge in [-0.2, -0.15) is 0 Å². The molecule has 0 amide bonds. The number of primary sulfonamides is 1. The summed E-state index contributed by atoms with van der Waals surface area (Å²) in [5.74, 6) is 0.122. The molecule has 3 rings (SSSR count). The van der Waals surface area contributed by atoms with E-state index in [2.05, 4.69) is 4.90 Å². The molecule has 0 saturated carbocycles. The monoisotopic (exact) mass is 421 g/mol. The zero-order valence-corrected chi connectivity index (χ0v) is 17.2. The molecule has 1 aromatic heterocycles. The molecule has 2 N–H and O–H groups in total. The van der Waals surface area contributed by atoms with Gasteiger partial charge in [0.15, 0.2) is 0 Å². The average molecular weight is 422 g/mol. The van der Waals surface area contributed by atoms with Gasteiger partial charge in [-0.25, -0.2) is 22.0 Å². The highest BCUT2D eigenvalue weighted by atomic mass is 32.3. The normalized spacial score (nSPS) is 20.9. The van der Waals surface area contributed by atoms with E-state index in [1.165, 1.54) is 10.4 Å². The van der Waals surface area contributed by atoms with Crippen LogP contribution in [0, 0.1) is 5.92 Å². The van der Waals surface area contributed by atoms with Crippen molar-refractivity contribution in [3.05, 3.63) is 17.3 Å². The van der Waals surface area contributed by atoms with Crippen molar-refractivity contribution < 1.29 is 21.6 Å². The second-order valence-corrected chi connectivity index (χ2v) is 11.7. The number of sulfonamides is 2. The molecular formula is C15H23N3O5S3. The first-order valence-electron chi connectivity index (χ1n) is 8.29. The van der Waals surface area contributed by atoms with E-state index in [1.54, 1.807) is 6.08 Å². The number of nitrogens with zero attached hydrogens (tertiary/aromatic N) is 2. The minimum atomic E-state index is -3.95. The standard InChI is InChI=1S/C15H23N3O5S3/c1-11(2)9-18-13(10-17-3-5-23-6-4-17)7-12-8-14(25(16,19)20)24-15(12)26(18,21)22/h7-8,11H,3-6,9-10H2,1-2H3,(H2,16,19,20). The minimum absolute atomic E-state index is 0.0351. The number of thiophene rings is 1. The summed E-state index contributed by atoms with van der Waals surface area (Å²) in [6.45, 7) is 7.38. The predicted molar refractivity (Wildman–Crippen MR) is 99.7 cm³/mol. The number of fused-ring (bicyclic) bond motifs is 1. The lowest BCUT2D eigenvalue weighted by Gasteiger charge is -2.35. The molecule has 26 heavy (non-hydrogen) atoms. The molecule has 0 spiro atoms. The van der Waals surface area contributed by atoms with Crippen LogP contribution in [0.2, 0.25) is 0 Å². The van der Waals surface area contributed by atoms with Gasteiger partial charge in [-0.05, 0) is 18.1 Å². The molecule has 0 bridgehead atoms. The summed E-state index contributed by atoms with van der Waals surface area (Å²) < 4.78 is 56.3. The van der Waals surface area contributed by atoms with Crippen molar-refractivity contribution in [2.75, 3.05) is 39.4 Å². The van der Waals surface area contributed by atoms with Crippen LogP contribution in [0.15, 0.2) is 20.2 Å². The van der Waals surface area contributed by atoms with Crippen LogP contribution in [-0.4, -0.2) is 65.4 Å². The van der Waals surface area contributed by atoms with E-state index in [4.69, 9.17) is 9.88 Å². The van der Waals surface area contributed by atoms with Crippen molar-refractivity contribution in [2.45, 2.75) is 22.3 Å². The van der Waals surface area contributed by atoms with Gasteiger partial charge in [0.05, 0.1) is 13.2 Å². The summed E-state index contributed by atoms with van der Waals surface area (Å²) in [5, 5.41) is 5.19. The molecule has 0 atom stereocenters. The SMILES string of the molecule is CC(C)CN1C(CN2CCOCC2)=Cc2cc(S(N)(=O)=O)sc2S1(=O)=O. The van der Waals surface area contributed by atoms with Crippen molar-refractivity contribution in [3.63, 3.8) is 0 Å². The Labute approximate surface area is 158 Å². The quantitative estimate of drug-likeness (QED) is 0.750. The molecule has 11 heteroatoms. The van der Waals surface area contributed by atoms with Gasteiger partial charge in [-0.3, -0.25) is 9.21 Å². The van der Waals surface area contributed by atoms with Gasteiger partial charge in [0.1, 0.15) is 8.42 Å². The number of nitrogens with two attached hydrogens (primary N) is 1. The summed E-state index contributed by atoms with van der Waals surface area (Å²) in [4.78, 5) is 2.14. The molecule has 0 aromatic carbocycles. The number of morpholine rings is 1. The summed E-state index contributed by atoms with van der Waals surface area (Å²) >= 11 is 0.707. The third kappa shape index (κ3) is 3.97. The maximum absolute atomic E-state index is 13.1. The summed E-state index contributed by atoms with van der Waals surface area (Å²) in [6, 6.07) is 1.35. The zero-order valence-electron chi connectivity index (χ0n) is 14.7. The first-order valence-corrected chi connectivity index (χ1v) is 12.1. The average Bonchev–Trinajstić information content (AvgIpc) is 2.97. The fraction of sp³-hybridized carbons (Fsp3) is 0.600. The molecule has 146 valence electrons. The second kappa shape index (κ2) is 7.21. The van der Waals surface area contributed by atoms with E-state index >= 15 is 0 Å². The summed E-state index contributed by atoms with van der Waals surface area (Å²) in [7, 11) is -7.76. The Kier molecular flexibility index (Phi) is 5.48. The maximum atomic E-state index is 13.1. The number of hydrogen-bond acceptors (Lipinski definition) is 7. The Bertz CT molecular complexity index is 912. The maximum Gasteiger partial charge on any atom is 0.274 e. The zero-order chi connectivity index (χ0) is 19.1. The Morgan fingerprint density at radius 3 is 2.54 bits per heavy atom. The van der Waals surface area contributed by atoms with Crippen molar-refractivity contribution >= 4 is 37.5 Å².